The van der Waals surface area contributed by atoms with Crippen molar-refractivity contribution >= 4 is 5.78 Å². The molecule has 50 valence electrons. The smallest absolute Gasteiger partial charge is 0.220 e. The number of Topliss-reactive ketones (excluding diaryl/α,β-unsaturated/α-hetero) is 1. The van der Waals surface area contributed by atoms with Gasteiger partial charge in [0.25, 0.3) is 0 Å². The average Bonchev–Trinajstić information content (AvgIpc) is 2.14. The third kappa shape index (κ3) is 1.25. The molecule has 9 heavy (non-hydrogen) atoms. The van der Waals surface area contributed by atoms with Crippen LogP contribution < -0.4 is 0 Å². The van der Waals surface area contributed by atoms with Gasteiger partial charge in [-0.3, -0.25) is 14.9 Å². The molecule has 0 spiro atoms. The molecular weight excluding hydrogens is 122 g/mol. The van der Waals surface area contributed by atoms with Crippen LogP contribution in [-0.2, 0) is 4.79 Å². The van der Waals surface area contributed by atoms with E-state index < -0.39 is 6.04 Å². The van der Waals surface area contributed by atoms with Gasteiger partial charge < -0.3 is 0 Å². The molecule has 0 aromatic heterocycles. The molecule has 1 rings (SSSR count). The van der Waals surface area contributed by atoms with E-state index in [2.05, 4.69) is 0 Å². The third-order valence-electron chi connectivity index (χ3n) is 1.52. The molecular formula is C5H7NO3. The molecule has 4 nitrogen and oxygen atoms in total. The largest absolute Gasteiger partial charge is 0.299 e. The maximum Gasteiger partial charge on any atom is 0.220 e. The van der Waals surface area contributed by atoms with Crippen LogP contribution in [0.4, 0.5) is 0 Å². The van der Waals surface area contributed by atoms with Gasteiger partial charge in [0.2, 0.25) is 6.04 Å². The molecule has 1 aliphatic carbocycles. The van der Waals surface area contributed by atoms with Gasteiger partial charge in [0.05, 0.1) is 6.42 Å². The van der Waals surface area contributed by atoms with Crippen LogP contribution in [0.2, 0.25) is 0 Å². The Hall–Kier alpha value is -0.930. The van der Waals surface area contributed by atoms with Gasteiger partial charge in [-0.2, -0.15) is 0 Å². The van der Waals surface area contributed by atoms with Crippen LogP contribution in [0, 0.1) is 10.1 Å². The predicted octanol–water partition coefficient (Wildman–Crippen LogP) is 0.385. The monoisotopic (exact) mass is 129 g/mol. The Labute approximate surface area is 52.0 Å². The topological polar surface area (TPSA) is 60.2 Å². The van der Waals surface area contributed by atoms with Crippen molar-refractivity contribution in [3.8, 4) is 0 Å². The molecule has 1 aliphatic rings. The summed E-state index contributed by atoms with van der Waals surface area (Å²) in [7, 11) is 0. The molecule has 0 aromatic carbocycles. The Bertz CT molecular complexity index is 154. The second-order valence-corrected chi connectivity index (χ2v) is 2.22. The van der Waals surface area contributed by atoms with Crippen molar-refractivity contribution in [1.82, 2.24) is 0 Å². The SMILES string of the molecule is O=C1CCC([N+](=O)[O-])C1. The lowest BCUT2D eigenvalue weighted by molar-refractivity contribution is -0.519. The van der Waals surface area contributed by atoms with E-state index >= 15 is 0 Å². The van der Waals surface area contributed by atoms with Crippen molar-refractivity contribution in [3.05, 3.63) is 10.1 Å². The summed E-state index contributed by atoms with van der Waals surface area (Å²) in [4.78, 5) is 20.1. The van der Waals surface area contributed by atoms with Crippen molar-refractivity contribution < 1.29 is 9.72 Å². The first kappa shape index (κ1) is 6.19. The molecule has 1 unspecified atom stereocenters. The molecule has 0 amide bonds. The molecule has 0 aliphatic heterocycles. The van der Waals surface area contributed by atoms with Gasteiger partial charge in [-0.25, -0.2) is 0 Å². The fourth-order valence-corrected chi connectivity index (χ4v) is 0.974. The van der Waals surface area contributed by atoms with E-state index in [0.717, 1.165) is 0 Å². The highest BCUT2D eigenvalue weighted by Gasteiger charge is 2.30. The lowest BCUT2D eigenvalue weighted by Crippen LogP contribution is -2.14. The van der Waals surface area contributed by atoms with E-state index in [-0.39, 0.29) is 17.1 Å². The minimum absolute atomic E-state index is 0.0247. The zero-order chi connectivity index (χ0) is 6.85. The molecule has 0 bridgehead atoms. The maximum atomic E-state index is 10.5. The van der Waals surface area contributed by atoms with Gasteiger partial charge >= 0.3 is 0 Å². The lowest BCUT2D eigenvalue weighted by atomic mass is 10.3. The quantitative estimate of drug-likeness (QED) is 0.380. The Kier molecular flexibility index (Phi) is 1.46. The van der Waals surface area contributed by atoms with Crippen molar-refractivity contribution in [3.63, 3.8) is 0 Å². The van der Waals surface area contributed by atoms with Crippen LogP contribution in [0.15, 0.2) is 0 Å². The molecule has 1 atom stereocenters. The normalized spacial score (nSPS) is 26.7. The van der Waals surface area contributed by atoms with E-state index in [4.69, 9.17) is 0 Å². The molecule has 1 saturated carbocycles. The van der Waals surface area contributed by atoms with E-state index in [9.17, 15) is 14.9 Å². The molecule has 1 fully saturated rings. The van der Waals surface area contributed by atoms with Crippen LogP contribution in [0.5, 0.6) is 0 Å². The summed E-state index contributed by atoms with van der Waals surface area (Å²) in [6.45, 7) is 0. The van der Waals surface area contributed by atoms with E-state index in [1.807, 2.05) is 0 Å². The second kappa shape index (κ2) is 2.13. The van der Waals surface area contributed by atoms with Crippen molar-refractivity contribution in [2.24, 2.45) is 0 Å². The number of carbonyl (C=O) groups excluding carboxylic acids is 1. The fraction of sp³-hybridized carbons (Fsp3) is 0.800. The first-order chi connectivity index (χ1) is 4.20. The summed E-state index contributed by atoms with van der Waals surface area (Å²) < 4.78 is 0. The predicted molar refractivity (Wildman–Crippen MR) is 29.6 cm³/mol. The molecule has 0 heterocycles. The number of ketones is 1. The fourth-order valence-electron chi connectivity index (χ4n) is 0.974. The Balaban J connectivity index is 2.48. The van der Waals surface area contributed by atoms with Crippen LogP contribution in [0.3, 0.4) is 0 Å². The summed E-state index contributed by atoms with van der Waals surface area (Å²) in [5, 5.41) is 10.0. The molecule has 0 saturated heterocycles. The summed E-state index contributed by atoms with van der Waals surface area (Å²) in [5.74, 6) is 0.0247. The summed E-state index contributed by atoms with van der Waals surface area (Å²) in [5.41, 5.74) is 0. The van der Waals surface area contributed by atoms with Crippen LogP contribution in [0.1, 0.15) is 19.3 Å². The Morgan fingerprint density at radius 1 is 1.67 bits per heavy atom. The minimum Gasteiger partial charge on any atom is -0.299 e. The molecule has 0 radical (unpaired) electrons. The van der Waals surface area contributed by atoms with E-state index in [1.165, 1.54) is 0 Å². The summed E-state index contributed by atoms with van der Waals surface area (Å²) >= 11 is 0. The van der Waals surface area contributed by atoms with Gasteiger partial charge in [-0.1, -0.05) is 0 Å². The Morgan fingerprint density at radius 2 is 2.33 bits per heavy atom. The first-order valence-corrected chi connectivity index (χ1v) is 2.85. The first-order valence-electron chi connectivity index (χ1n) is 2.85. The van der Waals surface area contributed by atoms with Crippen molar-refractivity contribution in [2.45, 2.75) is 25.3 Å². The standard InChI is InChI=1S/C5H7NO3/c7-5-2-1-4(3-5)6(8)9/h4H,1-3H2. The molecule has 0 N–H and O–H groups in total. The van der Waals surface area contributed by atoms with Crippen molar-refractivity contribution in [1.29, 1.82) is 0 Å². The van der Waals surface area contributed by atoms with Gasteiger partial charge in [-0.05, 0) is 0 Å². The van der Waals surface area contributed by atoms with E-state index in [1.54, 1.807) is 0 Å². The highest BCUT2D eigenvalue weighted by atomic mass is 16.6. The zero-order valence-corrected chi connectivity index (χ0v) is 4.87. The maximum absolute atomic E-state index is 10.5. The molecule has 0 aromatic rings. The minimum atomic E-state index is -0.586. The van der Waals surface area contributed by atoms with Crippen molar-refractivity contribution in [2.75, 3.05) is 0 Å². The number of rotatable bonds is 1. The zero-order valence-electron chi connectivity index (χ0n) is 4.87. The van der Waals surface area contributed by atoms with E-state index in [0.29, 0.717) is 12.8 Å². The van der Waals surface area contributed by atoms with Crippen LogP contribution in [0.25, 0.3) is 0 Å². The number of nitrogens with zero attached hydrogens (tertiary/aromatic N) is 1. The van der Waals surface area contributed by atoms with Gasteiger partial charge in [0, 0.05) is 17.8 Å². The lowest BCUT2D eigenvalue weighted by Gasteiger charge is -1.94. The third-order valence-corrected chi connectivity index (χ3v) is 1.52. The van der Waals surface area contributed by atoms with Crippen LogP contribution >= 0.6 is 0 Å². The van der Waals surface area contributed by atoms with Gasteiger partial charge in [0.1, 0.15) is 5.78 Å². The average molecular weight is 129 g/mol. The number of carbonyl (C=O) groups is 1. The van der Waals surface area contributed by atoms with Crippen LogP contribution in [-0.4, -0.2) is 16.7 Å². The van der Waals surface area contributed by atoms with Gasteiger partial charge in [0.15, 0.2) is 0 Å². The highest BCUT2D eigenvalue weighted by Crippen LogP contribution is 2.16. The number of nitro groups is 1. The van der Waals surface area contributed by atoms with Gasteiger partial charge in [-0.15, -0.1) is 0 Å². The number of hydrogen-bond acceptors (Lipinski definition) is 3. The summed E-state index contributed by atoms with van der Waals surface area (Å²) in [6.07, 6.45) is 0.977. The Morgan fingerprint density at radius 3 is 2.56 bits per heavy atom. The second-order valence-electron chi connectivity index (χ2n) is 2.22. The highest BCUT2D eigenvalue weighted by molar-refractivity contribution is 5.80. The molecule has 4 heteroatoms. The number of hydrogen-bond donors (Lipinski definition) is 0. The summed E-state index contributed by atoms with van der Waals surface area (Å²) in [6, 6.07) is -0.586.